The first-order valence-corrected chi connectivity index (χ1v) is 10.6. The molecule has 0 spiro atoms. The van der Waals surface area contributed by atoms with E-state index >= 15 is 0 Å². The van der Waals surface area contributed by atoms with Gasteiger partial charge in [-0.05, 0) is 42.2 Å². The van der Waals surface area contributed by atoms with Crippen molar-refractivity contribution in [2.45, 2.75) is 46.2 Å². The van der Waals surface area contributed by atoms with Gasteiger partial charge < -0.3 is 0 Å². The van der Waals surface area contributed by atoms with Crippen molar-refractivity contribution in [2.24, 2.45) is 18.4 Å². The molecule has 0 saturated carbocycles. The second kappa shape index (κ2) is 6.26. The highest BCUT2D eigenvalue weighted by atomic mass is 32.1. The van der Waals surface area contributed by atoms with Crippen LogP contribution >= 0.6 is 11.3 Å². The monoisotopic (exact) mass is 434 g/mol. The lowest BCUT2D eigenvalue weighted by Crippen LogP contribution is -2.26. The normalized spacial score (nSPS) is 17.8. The topological polar surface area (TPSA) is 60.9 Å². The van der Waals surface area contributed by atoms with Crippen LogP contribution in [0.4, 0.5) is 13.2 Å². The average molecular weight is 434 g/mol. The van der Waals surface area contributed by atoms with Crippen LogP contribution in [0.1, 0.15) is 43.3 Å². The van der Waals surface area contributed by atoms with E-state index in [1.807, 2.05) is 0 Å². The van der Waals surface area contributed by atoms with Gasteiger partial charge in [-0.3, -0.25) is 4.68 Å². The van der Waals surface area contributed by atoms with Crippen molar-refractivity contribution < 1.29 is 13.2 Å². The zero-order valence-electron chi connectivity index (χ0n) is 17.1. The maximum absolute atomic E-state index is 13.1. The lowest BCUT2D eigenvalue weighted by molar-refractivity contribution is -0.143. The molecule has 30 heavy (non-hydrogen) atoms. The summed E-state index contributed by atoms with van der Waals surface area (Å²) in [5, 5.41) is 9.30. The average Bonchev–Trinajstić information content (AvgIpc) is 3.32. The van der Waals surface area contributed by atoms with Gasteiger partial charge in [0.2, 0.25) is 5.82 Å². The lowest BCUT2D eigenvalue weighted by Gasteiger charge is -2.33. The number of halogens is 3. The Morgan fingerprint density at radius 2 is 1.93 bits per heavy atom. The molecule has 0 N–H and O–H groups in total. The molecule has 0 bridgehead atoms. The van der Waals surface area contributed by atoms with Gasteiger partial charge in [0.05, 0.1) is 5.39 Å². The van der Waals surface area contributed by atoms with Gasteiger partial charge >= 0.3 is 6.18 Å². The molecular formula is C20H21F3N6S. The molecule has 1 atom stereocenters. The zero-order chi connectivity index (χ0) is 21.4. The van der Waals surface area contributed by atoms with Gasteiger partial charge in [0, 0.05) is 11.9 Å². The van der Waals surface area contributed by atoms with Crippen LogP contribution in [0.2, 0.25) is 0 Å². The molecule has 4 heterocycles. The number of rotatable bonds is 1. The molecule has 6 nitrogen and oxygen atoms in total. The lowest BCUT2D eigenvalue weighted by atomic mass is 9.72. The number of alkyl halides is 3. The third-order valence-electron chi connectivity index (χ3n) is 6.01. The molecule has 1 aliphatic carbocycles. The summed E-state index contributed by atoms with van der Waals surface area (Å²) in [7, 11) is 1.27. The van der Waals surface area contributed by atoms with Crippen molar-refractivity contribution in [1.29, 1.82) is 0 Å². The van der Waals surface area contributed by atoms with Crippen LogP contribution in [0.15, 0.2) is 12.4 Å². The van der Waals surface area contributed by atoms with E-state index in [1.165, 1.54) is 17.5 Å². The second-order valence-corrected chi connectivity index (χ2v) is 10.1. The van der Waals surface area contributed by atoms with E-state index in [0.717, 1.165) is 40.2 Å². The van der Waals surface area contributed by atoms with Crippen molar-refractivity contribution in [3.8, 4) is 11.5 Å². The van der Waals surface area contributed by atoms with Gasteiger partial charge in [-0.25, -0.2) is 14.5 Å². The first kappa shape index (κ1) is 19.5. The van der Waals surface area contributed by atoms with Crippen molar-refractivity contribution in [2.75, 3.05) is 0 Å². The van der Waals surface area contributed by atoms with E-state index < -0.39 is 11.9 Å². The summed E-state index contributed by atoms with van der Waals surface area (Å²) in [6, 6.07) is 0.983. The fourth-order valence-electron chi connectivity index (χ4n) is 4.26. The summed E-state index contributed by atoms with van der Waals surface area (Å²) in [5.41, 5.74) is 1.39. The van der Waals surface area contributed by atoms with E-state index in [4.69, 9.17) is 0 Å². The predicted molar refractivity (Wildman–Crippen MR) is 108 cm³/mol. The molecule has 0 fully saturated rings. The van der Waals surface area contributed by atoms with Crippen LogP contribution in [0.3, 0.4) is 0 Å². The Morgan fingerprint density at radius 3 is 2.60 bits per heavy atom. The zero-order valence-corrected chi connectivity index (χ0v) is 17.9. The standard InChI is InChI=1S/C20H21F3N6S/c1-19(2,3)10-5-6-11-13(7-10)30-18-15(11)17-25-16(27-29(17)9-24-18)12-8-14(20(21,22)23)28(4)26-12/h8-10H,5-7H2,1-4H3/t10-/m0/s1. The van der Waals surface area contributed by atoms with Gasteiger partial charge in [0.25, 0.3) is 0 Å². The van der Waals surface area contributed by atoms with E-state index in [1.54, 1.807) is 22.2 Å². The summed E-state index contributed by atoms with van der Waals surface area (Å²) in [5.74, 6) is 0.774. The van der Waals surface area contributed by atoms with Crippen LogP contribution in [-0.4, -0.2) is 29.4 Å². The van der Waals surface area contributed by atoms with Crippen LogP contribution in [0.25, 0.3) is 27.4 Å². The third kappa shape index (κ3) is 3.00. The Balaban J connectivity index is 1.63. The largest absolute Gasteiger partial charge is 0.433 e. The number of thiophene rings is 1. The van der Waals surface area contributed by atoms with Gasteiger partial charge in [-0.1, -0.05) is 20.8 Å². The van der Waals surface area contributed by atoms with E-state index in [2.05, 4.69) is 40.9 Å². The minimum absolute atomic E-state index is 0.0959. The molecule has 0 radical (unpaired) electrons. The van der Waals surface area contributed by atoms with Crippen molar-refractivity contribution >= 4 is 27.2 Å². The summed E-state index contributed by atoms with van der Waals surface area (Å²) in [6.45, 7) is 6.83. The van der Waals surface area contributed by atoms with Crippen LogP contribution < -0.4 is 0 Å². The highest BCUT2D eigenvalue weighted by molar-refractivity contribution is 7.19. The van der Waals surface area contributed by atoms with Crippen LogP contribution in [0.5, 0.6) is 0 Å². The predicted octanol–water partition coefficient (Wildman–Crippen LogP) is 4.91. The molecule has 4 aromatic heterocycles. The number of aromatic nitrogens is 6. The van der Waals surface area contributed by atoms with Crippen LogP contribution in [0, 0.1) is 11.3 Å². The Hall–Kier alpha value is -2.49. The molecule has 0 aliphatic heterocycles. The molecule has 0 aromatic carbocycles. The Morgan fingerprint density at radius 1 is 1.17 bits per heavy atom. The van der Waals surface area contributed by atoms with Gasteiger partial charge in [-0.2, -0.15) is 18.3 Å². The third-order valence-corrected chi connectivity index (χ3v) is 7.17. The highest BCUT2D eigenvalue weighted by Gasteiger charge is 2.36. The summed E-state index contributed by atoms with van der Waals surface area (Å²) >= 11 is 1.69. The number of fused-ring (bicyclic) bond motifs is 5. The van der Waals surface area contributed by atoms with Crippen molar-refractivity contribution in [3.05, 3.63) is 28.5 Å². The van der Waals surface area contributed by atoms with Gasteiger partial charge in [0.1, 0.15) is 22.5 Å². The molecular weight excluding hydrogens is 413 g/mol. The van der Waals surface area contributed by atoms with Crippen molar-refractivity contribution in [3.63, 3.8) is 0 Å². The van der Waals surface area contributed by atoms with E-state index in [9.17, 15) is 13.2 Å². The summed E-state index contributed by atoms with van der Waals surface area (Å²) in [4.78, 5) is 11.3. The SMILES string of the molecule is Cn1nc(-c2nc3c4c5c(sc4ncn3n2)C[C@@H](C(C)(C)C)CC5)cc1C(F)(F)F. The van der Waals surface area contributed by atoms with E-state index in [-0.39, 0.29) is 16.9 Å². The first-order valence-electron chi connectivity index (χ1n) is 9.79. The number of hydrogen-bond acceptors (Lipinski definition) is 5. The number of hydrogen-bond donors (Lipinski definition) is 0. The molecule has 10 heteroatoms. The maximum Gasteiger partial charge on any atom is 0.433 e. The van der Waals surface area contributed by atoms with Crippen molar-refractivity contribution in [1.82, 2.24) is 29.4 Å². The fourth-order valence-corrected chi connectivity index (χ4v) is 5.53. The smallest absolute Gasteiger partial charge is 0.263 e. The number of nitrogens with zero attached hydrogens (tertiary/aromatic N) is 6. The molecule has 0 unspecified atom stereocenters. The Kier molecular flexibility index (Phi) is 4.06. The molecule has 0 saturated heterocycles. The maximum atomic E-state index is 13.1. The van der Waals surface area contributed by atoms with E-state index in [0.29, 0.717) is 11.6 Å². The highest BCUT2D eigenvalue weighted by Crippen LogP contribution is 2.43. The van der Waals surface area contributed by atoms with Gasteiger partial charge in [-0.15, -0.1) is 16.4 Å². The molecule has 5 rings (SSSR count). The summed E-state index contributed by atoms with van der Waals surface area (Å²) < 4.78 is 41.8. The second-order valence-electron chi connectivity index (χ2n) is 8.97. The fraction of sp³-hybridized carbons (Fsp3) is 0.500. The quantitative estimate of drug-likeness (QED) is 0.427. The first-order chi connectivity index (χ1) is 14.0. The van der Waals surface area contributed by atoms with Gasteiger partial charge in [0.15, 0.2) is 5.65 Å². The molecule has 158 valence electrons. The Bertz CT molecular complexity index is 1270. The summed E-state index contributed by atoms with van der Waals surface area (Å²) in [6.07, 6.45) is 0.152. The molecule has 1 aliphatic rings. The molecule has 4 aromatic rings. The van der Waals surface area contributed by atoms with Crippen LogP contribution in [-0.2, 0) is 26.1 Å². The minimum atomic E-state index is -4.48. The molecule has 0 amide bonds. The number of aryl methyl sites for hydroxylation is 2. The Labute approximate surface area is 174 Å². The minimum Gasteiger partial charge on any atom is -0.263 e.